The van der Waals surface area contributed by atoms with Gasteiger partial charge >= 0.3 is 0 Å². The second-order valence-electron chi connectivity index (χ2n) is 5.70. The van der Waals surface area contributed by atoms with E-state index in [1.165, 1.54) is 4.31 Å². The van der Waals surface area contributed by atoms with Crippen molar-refractivity contribution in [2.75, 3.05) is 27.7 Å². The molecule has 1 aliphatic rings. The molecule has 0 bridgehead atoms. The maximum Gasteiger partial charge on any atom is 0.282 e. The van der Waals surface area contributed by atoms with Crippen LogP contribution in [0.15, 0.2) is 42.6 Å². The minimum absolute atomic E-state index is 0.336. The predicted molar refractivity (Wildman–Crippen MR) is 88.6 cm³/mol. The number of hydrogen-bond donors (Lipinski definition) is 0. The molecule has 0 saturated heterocycles. The van der Waals surface area contributed by atoms with Crippen molar-refractivity contribution in [3.05, 3.63) is 53.9 Å². The summed E-state index contributed by atoms with van der Waals surface area (Å²) in [5, 5.41) is 0. The molecule has 1 aromatic heterocycles. The van der Waals surface area contributed by atoms with Gasteiger partial charge in [0.25, 0.3) is 10.2 Å². The predicted octanol–water partition coefficient (Wildman–Crippen LogP) is 1.71. The van der Waals surface area contributed by atoms with Crippen LogP contribution >= 0.6 is 0 Å². The van der Waals surface area contributed by atoms with Crippen LogP contribution in [0.25, 0.3) is 0 Å². The lowest BCUT2D eigenvalue weighted by Crippen LogP contribution is -2.47. The Bertz CT molecular complexity index is 781. The van der Waals surface area contributed by atoms with E-state index in [-0.39, 0.29) is 6.04 Å². The summed E-state index contributed by atoms with van der Waals surface area (Å²) in [6.45, 7) is 1.10. The molecular weight excluding hydrogens is 314 g/mol. The van der Waals surface area contributed by atoms with Gasteiger partial charge in [-0.05, 0) is 29.8 Å². The van der Waals surface area contributed by atoms with E-state index in [0.717, 1.165) is 17.0 Å². The molecule has 0 spiro atoms. The molecule has 1 aliphatic heterocycles. The average molecular weight is 335 g/mol. The van der Waals surface area contributed by atoms with Gasteiger partial charge in [-0.1, -0.05) is 12.1 Å². The van der Waals surface area contributed by atoms with Crippen LogP contribution in [0.3, 0.4) is 0 Å². The van der Waals surface area contributed by atoms with Gasteiger partial charge in [0.15, 0.2) is 0 Å². The first-order chi connectivity index (χ1) is 10.9. The van der Waals surface area contributed by atoms with Crippen molar-refractivity contribution in [3.8, 4) is 5.75 Å². The fourth-order valence-electron chi connectivity index (χ4n) is 2.94. The molecule has 0 radical (unpaired) electrons. The van der Waals surface area contributed by atoms with Crippen molar-refractivity contribution in [2.45, 2.75) is 12.6 Å². The zero-order valence-corrected chi connectivity index (χ0v) is 14.3. The monoisotopic (exact) mass is 335 g/mol. The highest BCUT2D eigenvalue weighted by Crippen LogP contribution is 2.35. The highest BCUT2D eigenvalue weighted by atomic mass is 32.2. The number of benzene rings is 1. The number of hydrogen-bond acceptors (Lipinski definition) is 3. The van der Waals surface area contributed by atoms with Crippen LogP contribution in [-0.4, -0.2) is 49.3 Å². The summed E-state index contributed by atoms with van der Waals surface area (Å²) in [4.78, 5) is 0. The first-order valence-corrected chi connectivity index (χ1v) is 8.83. The van der Waals surface area contributed by atoms with Crippen molar-refractivity contribution in [2.24, 2.45) is 0 Å². The van der Waals surface area contributed by atoms with Gasteiger partial charge in [-0.25, -0.2) is 0 Å². The molecule has 0 N–H and O–H groups in total. The van der Waals surface area contributed by atoms with Crippen LogP contribution in [0.2, 0.25) is 0 Å². The van der Waals surface area contributed by atoms with Crippen LogP contribution in [0.4, 0.5) is 0 Å². The van der Waals surface area contributed by atoms with Crippen LogP contribution in [-0.2, 0) is 16.8 Å². The van der Waals surface area contributed by atoms with E-state index >= 15 is 0 Å². The van der Waals surface area contributed by atoms with Crippen molar-refractivity contribution in [1.82, 2.24) is 13.2 Å². The molecule has 23 heavy (non-hydrogen) atoms. The topological polar surface area (TPSA) is 54.8 Å². The molecule has 6 nitrogen and oxygen atoms in total. The van der Waals surface area contributed by atoms with Crippen molar-refractivity contribution in [1.29, 1.82) is 0 Å². The van der Waals surface area contributed by atoms with Crippen LogP contribution in [0, 0.1) is 0 Å². The summed E-state index contributed by atoms with van der Waals surface area (Å²) in [7, 11) is 1.23. The summed E-state index contributed by atoms with van der Waals surface area (Å²) in [6, 6.07) is 11.2. The summed E-state index contributed by atoms with van der Waals surface area (Å²) in [5.41, 5.74) is 1.91. The number of rotatable bonds is 4. The molecule has 0 aliphatic carbocycles. The lowest BCUT2D eigenvalue weighted by molar-refractivity contribution is 0.281. The number of aromatic nitrogens is 1. The first-order valence-electron chi connectivity index (χ1n) is 7.43. The summed E-state index contributed by atoms with van der Waals surface area (Å²) in [5.74, 6) is 0.752. The quantitative estimate of drug-likeness (QED) is 0.855. The van der Waals surface area contributed by atoms with E-state index in [9.17, 15) is 8.42 Å². The summed E-state index contributed by atoms with van der Waals surface area (Å²) in [6.07, 6.45) is 1.99. The van der Waals surface area contributed by atoms with Crippen LogP contribution in [0.1, 0.15) is 17.3 Å². The van der Waals surface area contributed by atoms with Gasteiger partial charge in [0.1, 0.15) is 5.75 Å². The molecular formula is C16H21N3O3S. The zero-order valence-electron chi connectivity index (χ0n) is 13.5. The lowest BCUT2D eigenvalue weighted by atomic mass is 10.0. The fraction of sp³-hybridized carbons (Fsp3) is 0.375. The van der Waals surface area contributed by atoms with Crippen molar-refractivity contribution >= 4 is 10.2 Å². The second-order valence-corrected chi connectivity index (χ2v) is 7.80. The first kappa shape index (κ1) is 16.0. The fourth-order valence-corrected chi connectivity index (χ4v) is 4.17. The minimum atomic E-state index is -3.51. The van der Waals surface area contributed by atoms with E-state index in [1.54, 1.807) is 25.5 Å². The van der Waals surface area contributed by atoms with E-state index in [1.807, 2.05) is 42.6 Å². The molecule has 1 aromatic carbocycles. The largest absolute Gasteiger partial charge is 0.497 e. The maximum absolute atomic E-state index is 12.7. The van der Waals surface area contributed by atoms with Crippen molar-refractivity contribution < 1.29 is 13.2 Å². The third kappa shape index (κ3) is 2.75. The number of methoxy groups -OCH3 is 1. The van der Waals surface area contributed by atoms with E-state index in [4.69, 9.17) is 4.74 Å². The smallest absolute Gasteiger partial charge is 0.282 e. The highest BCUT2D eigenvalue weighted by molar-refractivity contribution is 7.86. The number of fused-ring (bicyclic) bond motifs is 1. The Morgan fingerprint density at radius 1 is 1.13 bits per heavy atom. The molecule has 1 atom stereocenters. The third-order valence-corrected chi connectivity index (χ3v) is 6.09. The van der Waals surface area contributed by atoms with E-state index in [2.05, 4.69) is 4.57 Å². The van der Waals surface area contributed by atoms with Crippen molar-refractivity contribution in [3.63, 3.8) is 0 Å². The molecule has 1 unspecified atom stereocenters. The Labute approximate surface area is 137 Å². The summed E-state index contributed by atoms with van der Waals surface area (Å²) < 4.78 is 35.6. The lowest BCUT2D eigenvalue weighted by Gasteiger charge is -2.37. The van der Waals surface area contributed by atoms with Gasteiger partial charge in [0.2, 0.25) is 0 Å². The average Bonchev–Trinajstić information content (AvgIpc) is 3.02. The SMILES string of the molecule is COc1ccc(C2c3cccn3CCN2S(=O)(=O)N(C)C)cc1. The van der Waals surface area contributed by atoms with Gasteiger partial charge in [0, 0.05) is 39.1 Å². The molecule has 0 fully saturated rings. The van der Waals surface area contributed by atoms with Crippen LogP contribution in [0.5, 0.6) is 5.75 Å². The van der Waals surface area contributed by atoms with E-state index in [0.29, 0.717) is 13.1 Å². The molecule has 0 amide bonds. The van der Waals surface area contributed by atoms with Gasteiger partial charge in [0.05, 0.1) is 13.2 Å². The summed E-state index contributed by atoms with van der Waals surface area (Å²) >= 11 is 0. The van der Waals surface area contributed by atoms with Gasteiger partial charge in [-0.3, -0.25) is 0 Å². The Morgan fingerprint density at radius 3 is 2.43 bits per heavy atom. The number of ether oxygens (including phenoxy) is 1. The molecule has 3 rings (SSSR count). The van der Waals surface area contributed by atoms with Gasteiger partial charge < -0.3 is 9.30 Å². The normalized spacial score (nSPS) is 18.9. The zero-order chi connectivity index (χ0) is 16.6. The molecule has 0 saturated carbocycles. The van der Waals surface area contributed by atoms with Gasteiger partial charge in [-0.2, -0.15) is 17.0 Å². The highest BCUT2D eigenvalue weighted by Gasteiger charge is 2.37. The molecule has 2 aromatic rings. The van der Waals surface area contributed by atoms with E-state index < -0.39 is 10.2 Å². The van der Waals surface area contributed by atoms with Gasteiger partial charge in [-0.15, -0.1) is 0 Å². The second kappa shape index (κ2) is 5.99. The molecule has 124 valence electrons. The number of nitrogens with zero attached hydrogens (tertiary/aromatic N) is 3. The Kier molecular flexibility index (Phi) is 4.18. The molecule has 7 heteroatoms. The van der Waals surface area contributed by atoms with Crippen LogP contribution < -0.4 is 4.74 Å². The Morgan fingerprint density at radius 2 is 1.83 bits per heavy atom. The Balaban J connectivity index is 2.10. The maximum atomic E-state index is 12.7. The molecule has 2 heterocycles. The Hall–Kier alpha value is -1.83. The standard InChI is InChI=1S/C16H21N3O3S/c1-17(2)23(20,21)19-12-11-18-10-4-5-15(18)16(19)13-6-8-14(22-3)9-7-13/h4-10,16H,11-12H2,1-3H3. The minimum Gasteiger partial charge on any atom is -0.497 e. The third-order valence-electron chi connectivity index (χ3n) is 4.18.